The van der Waals surface area contributed by atoms with Crippen molar-refractivity contribution in [3.8, 4) is 0 Å². The van der Waals surface area contributed by atoms with E-state index in [0.717, 1.165) is 22.1 Å². The highest BCUT2D eigenvalue weighted by atomic mass is 32.1. The van der Waals surface area contributed by atoms with E-state index in [0.29, 0.717) is 29.0 Å². The van der Waals surface area contributed by atoms with E-state index < -0.39 is 24.0 Å². The van der Waals surface area contributed by atoms with Crippen LogP contribution in [0.1, 0.15) is 38.6 Å². The van der Waals surface area contributed by atoms with Gasteiger partial charge in [0.15, 0.2) is 0 Å². The summed E-state index contributed by atoms with van der Waals surface area (Å²) in [6.07, 6.45) is -0.555. The van der Waals surface area contributed by atoms with Gasteiger partial charge in [0, 0.05) is 16.6 Å². The number of fused-ring (bicyclic) bond motifs is 2. The summed E-state index contributed by atoms with van der Waals surface area (Å²) < 4.78 is 0. The average Bonchev–Trinajstić information content (AvgIpc) is 3.20. The summed E-state index contributed by atoms with van der Waals surface area (Å²) >= 11 is 1.01. The lowest BCUT2D eigenvalue weighted by atomic mass is 9.98. The molecular formula is C22H20N4O6S. The van der Waals surface area contributed by atoms with Gasteiger partial charge in [0.05, 0.1) is 11.6 Å². The molecule has 1 aromatic heterocycles. The minimum absolute atomic E-state index is 0.0271. The molecule has 33 heavy (non-hydrogen) atoms. The van der Waals surface area contributed by atoms with Crippen molar-refractivity contribution in [1.82, 2.24) is 10.6 Å². The van der Waals surface area contributed by atoms with Crippen LogP contribution in [0.15, 0.2) is 47.6 Å². The zero-order valence-corrected chi connectivity index (χ0v) is 18.0. The van der Waals surface area contributed by atoms with E-state index in [4.69, 9.17) is 5.11 Å². The van der Waals surface area contributed by atoms with Crippen LogP contribution in [0.4, 0.5) is 5.00 Å². The van der Waals surface area contributed by atoms with Crippen LogP contribution in [0, 0.1) is 4.91 Å². The Morgan fingerprint density at radius 1 is 1.18 bits per heavy atom. The number of benzene rings is 2. The molecule has 0 saturated heterocycles. The third kappa shape index (κ3) is 4.66. The standard InChI is InChI=1S/C22H20N4O6S/c27-18(13-6-5-11-3-1-2-4-12(11)9-13)24-10-15-17-14(7-8-23-15)16(19(28)26-32)21(33-17)25-20(29)22(30)31/h1-6,9,15,18,23-24,27H,7-8,10H2,(H,25,29)(H,30,31)/t15-,18?/m0/s1. The lowest BCUT2D eigenvalue weighted by Gasteiger charge is -2.26. The molecule has 1 aliphatic heterocycles. The topological polar surface area (TPSA) is 157 Å². The van der Waals surface area contributed by atoms with Crippen LogP contribution in [-0.4, -0.2) is 41.1 Å². The van der Waals surface area contributed by atoms with Gasteiger partial charge in [-0.2, -0.15) is 0 Å². The van der Waals surface area contributed by atoms with E-state index in [1.54, 1.807) is 0 Å². The lowest BCUT2D eigenvalue weighted by Crippen LogP contribution is -2.37. The first-order valence-electron chi connectivity index (χ1n) is 10.1. The molecule has 0 fully saturated rings. The van der Waals surface area contributed by atoms with E-state index in [1.165, 1.54) is 0 Å². The quantitative estimate of drug-likeness (QED) is 0.209. The van der Waals surface area contributed by atoms with E-state index in [-0.39, 0.29) is 23.2 Å². The molecule has 2 amide bonds. The number of nitrogens with zero attached hydrogens (tertiary/aromatic N) is 1. The zero-order valence-electron chi connectivity index (χ0n) is 17.2. The Morgan fingerprint density at radius 2 is 1.94 bits per heavy atom. The molecule has 4 rings (SSSR count). The fourth-order valence-electron chi connectivity index (χ4n) is 3.88. The van der Waals surface area contributed by atoms with Gasteiger partial charge in [-0.05, 0) is 40.9 Å². The normalized spacial score (nSPS) is 16.1. The largest absolute Gasteiger partial charge is 0.474 e. The third-order valence-corrected chi connectivity index (χ3v) is 6.70. The zero-order chi connectivity index (χ0) is 23.5. The molecular weight excluding hydrogens is 448 g/mol. The second-order valence-corrected chi connectivity index (χ2v) is 8.53. The molecule has 2 aromatic carbocycles. The highest BCUT2D eigenvalue weighted by Gasteiger charge is 2.32. The molecule has 0 radical (unpaired) electrons. The van der Waals surface area contributed by atoms with E-state index in [9.17, 15) is 24.4 Å². The van der Waals surface area contributed by atoms with Crippen molar-refractivity contribution >= 4 is 44.9 Å². The highest BCUT2D eigenvalue weighted by molar-refractivity contribution is 7.17. The summed E-state index contributed by atoms with van der Waals surface area (Å²) in [6.45, 7) is 0.754. The number of hydrogen-bond donors (Lipinski definition) is 5. The second kappa shape index (κ2) is 9.55. The van der Waals surface area contributed by atoms with Crippen LogP contribution < -0.4 is 16.0 Å². The first-order valence-corrected chi connectivity index (χ1v) is 10.9. The number of carbonyl (C=O) groups is 3. The van der Waals surface area contributed by atoms with Gasteiger partial charge >= 0.3 is 17.8 Å². The molecule has 10 nitrogen and oxygen atoms in total. The number of aliphatic carboxylic acids is 1. The number of carboxylic acids is 1. The Hall–Kier alpha value is -3.51. The number of aliphatic hydroxyl groups is 1. The summed E-state index contributed by atoms with van der Waals surface area (Å²) in [5.41, 5.74) is 1.14. The number of rotatable bonds is 6. The van der Waals surface area contributed by atoms with E-state index in [2.05, 4.69) is 21.1 Å². The predicted molar refractivity (Wildman–Crippen MR) is 122 cm³/mol. The third-order valence-electron chi connectivity index (χ3n) is 5.44. The molecule has 0 aliphatic carbocycles. The van der Waals surface area contributed by atoms with Gasteiger partial charge in [0.25, 0.3) is 0 Å². The number of carboxylic acid groups (broad SMARTS) is 1. The first kappa shape index (κ1) is 22.7. The van der Waals surface area contributed by atoms with Crippen molar-refractivity contribution in [2.45, 2.75) is 18.7 Å². The number of aliphatic hydroxyl groups excluding tert-OH is 1. The van der Waals surface area contributed by atoms with Gasteiger partial charge in [-0.25, -0.2) is 4.79 Å². The second-order valence-electron chi connectivity index (χ2n) is 7.48. The molecule has 170 valence electrons. The van der Waals surface area contributed by atoms with Crippen LogP contribution >= 0.6 is 11.3 Å². The summed E-state index contributed by atoms with van der Waals surface area (Å²) in [4.78, 5) is 46.3. The van der Waals surface area contributed by atoms with Crippen molar-refractivity contribution in [2.24, 2.45) is 5.18 Å². The molecule has 0 spiro atoms. The minimum Gasteiger partial charge on any atom is -0.474 e. The van der Waals surface area contributed by atoms with Crippen LogP contribution in [0.5, 0.6) is 0 Å². The van der Waals surface area contributed by atoms with Gasteiger partial charge < -0.3 is 20.8 Å². The molecule has 5 N–H and O–H groups in total. The molecule has 0 bridgehead atoms. The van der Waals surface area contributed by atoms with Gasteiger partial charge in [0.2, 0.25) is 0 Å². The number of nitroso groups, excluding NO2 is 1. The molecule has 1 aliphatic rings. The van der Waals surface area contributed by atoms with Gasteiger partial charge in [-0.3, -0.25) is 14.9 Å². The number of carbonyl (C=O) groups excluding carboxylic acids is 2. The van der Waals surface area contributed by atoms with Crippen LogP contribution in [0.2, 0.25) is 0 Å². The van der Waals surface area contributed by atoms with Crippen LogP contribution in [0.25, 0.3) is 10.8 Å². The highest BCUT2D eigenvalue weighted by Crippen LogP contribution is 2.40. The van der Waals surface area contributed by atoms with Crippen molar-refractivity contribution in [3.63, 3.8) is 0 Å². The number of amides is 2. The van der Waals surface area contributed by atoms with Crippen LogP contribution in [0.3, 0.4) is 0 Å². The molecule has 2 atom stereocenters. The first-order chi connectivity index (χ1) is 15.9. The smallest absolute Gasteiger partial charge is 0.394 e. The molecule has 0 saturated carbocycles. The van der Waals surface area contributed by atoms with Crippen molar-refractivity contribution < 1.29 is 24.6 Å². The maximum atomic E-state index is 12.1. The predicted octanol–water partition coefficient (Wildman–Crippen LogP) is 2.30. The van der Waals surface area contributed by atoms with Gasteiger partial charge in [0.1, 0.15) is 11.2 Å². The molecule has 11 heteroatoms. The summed E-state index contributed by atoms with van der Waals surface area (Å²) in [5, 5.41) is 32.5. The maximum Gasteiger partial charge on any atom is 0.394 e. The van der Waals surface area contributed by atoms with Gasteiger partial charge in [-0.1, -0.05) is 36.4 Å². The van der Waals surface area contributed by atoms with Crippen molar-refractivity contribution in [2.75, 3.05) is 18.4 Å². The van der Waals surface area contributed by atoms with Crippen molar-refractivity contribution in [3.05, 3.63) is 68.9 Å². The summed E-state index contributed by atoms with van der Waals surface area (Å²) in [7, 11) is 0. The SMILES string of the molecule is O=NC(=O)c1c(NC(=O)C(=O)O)sc2c1CCN[C@H]2CNC(O)c1ccc2ccccc2c1. The van der Waals surface area contributed by atoms with Crippen molar-refractivity contribution in [1.29, 1.82) is 0 Å². The summed E-state index contributed by atoms with van der Waals surface area (Å²) in [6, 6.07) is 13.1. The van der Waals surface area contributed by atoms with Crippen LogP contribution in [-0.2, 0) is 16.0 Å². The fraction of sp³-hybridized carbons (Fsp3) is 0.227. The monoisotopic (exact) mass is 468 g/mol. The Kier molecular flexibility index (Phi) is 6.56. The lowest BCUT2D eigenvalue weighted by molar-refractivity contribution is -0.147. The minimum atomic E-state index is -1.71. The Labute approximate surface area is 191 Å². The summed E-state index contributed by atoms with van der Waals surface area (Å²) in [5.74, 6) is -4.10. The van der Waals surface area contributed by atoms with E-state index in [1.807, 2.05) is 42.5 Å². The number of anilines is 1. The number of hydrogen-bond acceptors (Lipinski definition) is 8. The van der Waals surface area contributed by atoms with E-state index >= 15 is 0 Å². The Balaban J connectivity index is 1.56. The molecule has 3 aromatic rings. The fourth-order valence-corrected chi connectivity index (χ4v) is 5.20. The number of nitrogens with one attached hydrogen (secondary N) is 3. The number of thiophene rings is 1. The Bertz CT molecular complexity index is 1260. The van der Waals surface area contributed by atoms with Gasteiger partial charge in [-0.15, -0.1) is 16.2 Å². The maximum absolute atomic E-state index is 12.1. The Morgan fingerprint density at radius 3 is 2.67 bits per heavy atom. The molecule has 1 unspecified atom stereocenters. The average molecular weight is 468 g/mol. The molecule has 2 heterocycles.